The van der Waals surface area contributed by atoms with Crippen molar-refractivity contribution in [3.05, 3.63) is 30.1 Å². The first-order valence-electron chi connectivity index (χ1n) is 5.62. The highest BCUT2D eigenvalue weighted by molar-refractivity contribution is 5.66. The molecule has 5 heteroatoms. The van der Waals surface area contributed by atoms with Crippen molar-refractivity contribution < 1.29 is 14.3 Å². The average Bonchev–Trinajstić information content (AvgIpc) is 2.32. The van der Waals surface area contributed by atoms with E-state index in [-0.39, 0.29) is 12.1 Å². The zero-order chi connectivity index (χ0) is 13.6. The smallest absolute Gasteiger partial charge is 0.303 e. The summed E-state index contributed by atoms with van der Waals surface area (Å²) in [5.41, 5.74) is -0.727. The molecule has 0 aliphatic rings. The van der Waals surface area contributed by atoms with Crippen molar-refractivity contribution in [2.75, 3.05) is 5.32 Å². The van der Waals surface area contributed by atoms with E-state index in [0.29, 0.717) is 12.8 Å². The van der Waals surface area contributed by atoms with Gasteiger partial charge in [0.1, 0.15) is 11.4 Å². The van der Waals surface area contributed by atoms with E-state index in [9.17, 15) is 9.18 Å². The predicted octanol–water partition coefficient (Wildman–Crippen LogP) is 2.77. The van der Waals surface area contributed by atoms with Crippen molar-refractivity contribution in [1.82, 2.24) is 0 Å². The second kappa shape index (κ2) is 6.01. The van der Waals surface area contributed by atoms with Gasteiger partial charge in [0.2, 0.25) is 0 Å². The van der Waals surface area contributed by atoms with Crippen LogP contribution in [0.5, 0.6) is 0 Å². The number of aliphatic carboxylic acids is 1. The lowest BCUT2D eigenvalue weighted by molar-refractivity contribution is -0.137. The summed E-state index contributed by atoms with van der Waals surface area (Å²) in [6.07, 6.45) is 0.696. The van der Waals surface area contributed by atoms with Crippen LogP contribution in [0.1, 0.15) is 26.2 Å². The minimum Gasteiger partial charge on any atom is -0.481 e. The molecule has 1 unspecified atom stereocenters. The summed E-state index contributed by atoms with van der Waals surface area (Å²) in [4.78, 5) is 10.4. The van der Waals surface area contributed by atoms with Crippen LogP contribution in [0.2, 0.25) is 0 Å². The van der Waals surface area contributed by atoms with Gasteiger partial charge in [-0.15, -0.1) is 0 Å². The summed E-state index contributed by atoms with van der Waals surface area (Å²) in [5, 5.41) is 20.5. The Kier molecular flexibility index (Phi) is 4.67. The van der Waals surface area contributed by atoms with E-state index in [1.54, 1.807) is 25.1 Å². The maximum atomic E-state index is 13.4. The van der Waals surface area contributed by atoms with Crippen LogP contribution in [0.15, 0.2) is 24.3 Å². The fourth-order valence-electron chi connectivity index (χ4n) is 1.60. The molecule has 0 heterocycles. The number of hydrogen-bond acceptors (Lipinski definition) is 3. The summed E-state index contributed by atoms with van der Waals surface area (Å²) in [7, 11) is 0. The summed E-state index contributed by atoms with van der Waals surface area (Å²) < 4.78 is 13.4. The van der Waals surface area contributed by atoms with Gasteiger partial charge in [-0.05, 0) is 31.9 Å². The number of carboxylic acids is 1. The van der Waals surface area contributed by atoms with Gasteiger partial charge in [-0.3, -0.25) is 4.79 Å². The van der Waals surface area contributed by atoms with E-state index in [1.807, 2.05) is 0 Å². The zero-order valence-corrected chi connectivity index (χ0v) is 10.1. The molecule has 0 saturated heterocycles. The first kappa shape index (κ1) is 14.0. The van der Waals surface area contributed by atoms with Crippen molar-refractivity contribution in [3.8, 4) is 6.07 Å². The van der Waals surface area contributed by atoms with Gasteiger partial charge >= 0.3 is 5.97 Å². The largest absolute Gasteiger partial charge is 0.481 e. The van der Waals surface area contributed by atoms with Gasteiger partial charge in [-0.25, -0.2) is 4.39 Å². The highest BCUT2D eigenvalue weighted by Crippen LogP contribution is 2.22. The Bertz CT molecular complexity index is 470. The van der Waals surface area contributed by atoms with Gasteiger partial charge in [0, 0.05) is 6.42 Å². The standard InChI is InChI=1S/C13H15FN2O2/c1-13(9-15,8-4-7-12(17)18)16-11-6-3-2-5-10(11)14/h2-3,5-6,16H,4,7-8H2,1H3,(H,17,18). The lowest BCUT2D eigenvalue weighted by Gasteiger charge is -2.24. The molecule has 18 heavy (non-hydrogen) atoms. The molecule has 0 aromatic heterocycles. The third-order valence-corrected chi connectivity index (χ3v) is 2.60. The van der Waals surface area contributed by atoms with Gasteiger partial charge in [0.25, 0.3) is 0 Å². The number of nitriles is 1. The summed E-state index contributed by atoms with van der Waals surface area (Å²) in [5.74, 6) is -1.33. The molecule has 1 atom stereocenters. The number of hydrogen-bond donors (Lipinski definition) is 2. The first-order chi connectivity index (χ1) is 8.47. The lowest BCUT2D eigenvalue weighted by Crippen LogP contribution is -2.33. The van der Waals surface area contributed by atoms with Gasteiger partial charge in [-0.1, -0.05) is 12.1 Å². The molecular weight excluding hydrogens is 235 g/mol. The number of carbonyl (C=O) groups is 1. The number of benzene rings is 1. The molecule has 0 aliphatic heterocycles. The van der Waals surface area contributed by atoms with Crippen molar-refractivity contribution in [2.24, 2.45) is 0 Å². The summed E-state index contributed by atoms with van der Waals surface area (Å²) >= 11 is 0. The molecular formula is C13H15FN2O2. The van der Waals surface area contributed by atoms with E-state index >= 15 is 0 Å². The Hall–Kier alpha value is -2.09. The first-order valence-corrected chi connectivity index (χ1v) is 5.62. The van der Waals surface area contributed by atoms with Crippen LogP contribution in [-0.2, 0) is 4.79 Å². The number of nitrogens with one attached hydrogen (secondary N) is 1. The number of rotatable bonds is 6. The molecule has 1 rings (SSSR count). The lowest BCUT2D eigenvalue weighted by atomic mass is 9.96. The Labute approximate surface area is 105 Å². The molecule has 2 N–H and O–H groups in total. The number of anilines is 1. The van der Waals surface area contributed by atoms with Crippen LogP contribution in [0, 0.1) is 17.1 Å². The van der Waals surface area contributed by atoms with Crippen LogP contribution < -0.4 is 5.32 Å². The third-order valence-electron chi connectivity index (χ3n) is 2.60. The molecule has 0 spiro atoms. The second-order valence-electron chi connectivity index (χ2n) is 4.30. The van der Waals surface area contributed by atoms with Crippen LogP contribution in [0.3, 0.4) is 0 Å². The molecule has 0 aliphatic carbocycles. The Balaban J connectivity index is 2.68. The van der Waals surface area contributed by atoms with Crippen LogP contribution in [0.4, 0.5) is 10.1 Å². The number of carboxylic acid groups (broad SMARTS) is 1. The molecule has 0 bridgehead atoms. The molecule has 1 aromatic rings. The number of halogens is 1. The van der Waals surface area contributed by atoms with Gasteiger partial charge < -0.3 is 10.4 Å². The van der Waals surface area contributed by atoms with E-state index in [1.165, 1.54) is 6.07 Å². The van der Waals surface area contributed by atoms with E-state index in [4.69, 9.17) is 10.4 Å². The normalized spacial score (nSPS) is 13.4. The second-order valence-corrected chi connectivity index (χ2v) is 4.30. The molecule has 4 nitrogen and oxygen atoms in total. The topological polar surface area (TPSA) is 73.1 Å². The fraction of sp³-hybridized carbons (Fsp3) is 0.385. The van der Waals surface area contributed by atoms with E-state index in [2.05, 4.69) is 11.4 Å². The van der Waals surface area contributed by atoms with Crippen LogP contribution in [-0.4, -0.2) is 16.6 Å². The Morgan fingerprint density at radius 2 is 2.22 bits per heavy atom. The van der Waals surface area contributed by atoms with Gasteiger partial charge in [0.05, 0.1) is 11.8 Å². The molecule has 0 radical (unpaired) electrons. The zero-order valence-electron chi connectivity index (χ0n) is 10.1. The van der Waals surface area contributed by atoms with E-state index in [0.717, 1.165) is 0 Å². The molecule has 96 valence electrons. The van der Waals surface area contributed by atoms with Crippen LogP contribution >= 0.6 is 0 Å². The summed E-state index contributed by atoms with van der Waals surface area (Å²) in [6, 6.07) is 8.14. The Morgan fingerprint density at radius 1 is 1.56 bits per heavy atom. The van der Waals surface area contributed by atoms with E-state index < -0.39 is 17.3 Å². The average molecular weight is 250 g/mol. The maximum Gasteiger partial charge on any atom is 0.303 e. The predicted molar refractivity (Wildman–Crippen MR) is 65.5 cm³/mol. The minimum absolute atomic E-state index is 0.00375. The minimum atomic E-state index is -0.975. The monoisotopic (exact) mass is 250 g/mol. The highest BCUT2D eigenvalue weighted by Gasteiger charge is 2.24. The van der Waals surface area contributed by atoms with Gasteiger partial charge in [-0.2, -0.15) is 5.26 Å². The van der Waals surface area contributed by atoms with Crippen molar-refractivity contribution in [3.63, 3.8) is 0 Å². The van der Waals surface area contributed by atoms with Gasteiger partial charge in [0.15, 0.2) is 0 Å². The Morgan fingerprint density at radius 3 is 2.78 bits per heavy atom. The molecule has 0 amide bonds. The SMILES string of the molecule is CC(C#N)(CCCC(=O)O)Nc1ccccc1F. The van der Waals surface area contributed by atoms with Crippen molar-refractivity contribution in [2.45, 2.75) is 31.7 Å². The molecule has 1 aromatic carbocycles. The third kappa shape index (κ3) is 4.06. The molecule has 0 fully saturated rings. The number of para-hydroxylation sites is 1. The fourth-order valence-corrected chi connectivity index (χ4v) is 1.60. The van der Waals surface area contributed by atoms with Crippen LogP contribution in [0.25, 0.3) is 0 Å². The number of nitrogens with zero attached hydrogens (tertiary/aromatic N) is 1. The summed E-state index contributed by atoms with van der Waals surface area (Å²) in [6.45, 7) is 1.63. The highest BCUT2D eigenvalue weighted by atomic mass is 19.1. The van der Waals surface area contributed by atoms with Crippen molar-refractivity contribution in [1.29, 1.82) is 5.26 Å². The molecule has 0 saturated carbocycles. The maximum absolute atomic E-state index is 13.4. The quantitative estimate of drug-likeness (QED) is 0.814. The van der Waals surface area contributed by atoms with Crippen molar-refractivity contribution >= 4 is 11.7 Å².